The van der Waals surface area contributed by atoms with Gasteiger partial charge in [0.25, 0.3) is 0 Å². The average molecular weight is 248 g/mol. The molecule has 0 atom stereocenters. The van der Waals surface area contributed by atoms with Crippen LogP contribution in [0.1, 0.15) is 36.0 Å². The maximum Gasteiger partial charge on any atom is 0.305 e. The van der Waals surface area contributed by atoms with Crippen LogP contribution in [-0.2, 0) is 4.79 Å². The summed E-state index contributed by atoms with van der Waals surface area (Å²) in [6, 6.07) is 6.78. The molecule has 0 saturated heterocycles. The smallest absolute Gasteiger partial charge is 0.305 e. The molecule has 96 valence electrons. The zero-order chi connectivity index (χ0) is 13.2. The molecule has 1 aromatic carbocycles. The Morgan fingerprint density at radius 3 is 2.28 bits per heavy atom. The number of anilines is 1. The Kier molecular flexibility index (Phi) is 3.23. The molecule has 1 saturated carbocycles. The first-order valence-electron chi connectivity index (χ1n) is 5.91. The number of rotatable bonds is 5. The summed E-state index contributed by atoms with van der Waals surface area (Å²) in [4.78, 5) is 21.8. The van der Waals surface area contributed by atoms with Crippen LogP contribution in [0.4, 0.5) is 5.69 Å². The van der Waals surface area contributed by atoms with E-state index in [1.807, 2.05) is 0 Å². The van der Waals surface area contributed by atoms with Crippen molar-refractivity contribution in [1.82, 2.24) is 0 Å². The lowest BCUT2D eigenvalue weighted by Gasteiger charge is -2.42. The summed E-state index contributed by atoms with van der Waals surface area (Å²) in [5.41, 5.74) is 6.09. The molecule has 0 radical (unpaired) electrons. The zero-order valence-corrected chi connectivity index (χ0v) is 9.98. The number of hydrogen-bond donors (Lipinski definition) is 3. The number of carbonyl (C=O) groups is 2. The molecule has 5 nitrogen and oxygen atoms in total. The Hall–Kier alpha value is -2.04. The van der Waals surface area contributed by atoms with Crippen molar-refractivity contribution in [2.45, 2.75) is 31.2 Å². The third-order valence-electron chi connectivity index (χ3n) is 3.38. The number of benzene rings is 1. The Morgan fingerprint density at radius 2 is 1.89 bits per heavy atom. The van der Waals surface area contributed by atoms with E-state index in [4.69, 9.17) is 10.8 Å². The topological polar surface area (TPSA) is 92.4 Å². The van der Waals surface area contributed by atoms with Crippen LogP contribution in [0.5, 0.6) is 0 Å². The Bertz CT molecular complexity index is 464. The van der Waals surface area contributed by atoms with Gasteiger partial charge in [0.1, 0.15) is 0 Å². The third-order valence-corrected chi connectivity index (χ3v) is 3.38. The van der Waals surface area contributed by atoms with E-state index >= 15 is 0 Å². The predicted octanol–water partition coefficient (Wildman–Crippen LogP) is 1.59. The molecule has 18 heavy (non-hydrogen) atoms. The second kappa shape index (κ2) is 4.68. The summed E-state index contributed by atoms with van der Waals surface area (Å²) >= 11 is 0. The monoisotopic (exact) mass is 248 g/mol. The van der Waals surface area contributed by atoms with Crippen LogP contribution >= 0.6 is 0 Å². The predicted molar refractivity (Wildman–Crippen MR) is 67.4 cm³/mol. The van der Waals surface area contributed by atoms with Crippen molar-refractivity contribution in [3.05, 3.63) is 29.8 Å². The van der Waals surface area contributed by atoms with Crippen LogP contribution < -0.4 is 11.1 Å². The van der Waals surface area contributed by atoms with E-state index < -0.39 is 11.9 Å². The van der Waals surface area contributed by atoms with E-state index in [0.717, 1.165) is 24.9 Å². The Morgan fingerprint density at radius 1 is 1.28 bits per heavy atom. The maximum absolute atomic E-state index is 10.9. The normalized spacial score (nSPS) is 16.7. The van der Waals surface area contributed by atoms with E-state index in [9.17, 15) is 9.59 Å². The van der Waals surface area contributed by atoms with Crippen molar-refractivity contribution in [2.75, 3.05) is 5.32 Å². The lowest BCUT2D eigenvalue weighted by atomic mass is 9.74. The third kappa shape index (κ3) is 2.61. The number of carboxylic acids is 1. The van der Waals surface area contributed by atoms with Gasteiger partial charge in [0, 0.05) is 16.8 Å². The molecule has 1 aliphatic rings. The fourth-order valence-electron chi connectivity index (χ4n) is 2.26. The first kappa shape index (κ1) is 12.4. The standard InChI is InChI=1S/C13H16N2O3/c14-12(18)9-2-4-10(5-3-9)15-13(6-1-7-13)8-11(16)17/h2-5,15H,1,6-8H2,(H2,14,18)(H,16,17). The van der Waals surface area contributed by atoms with Crippen LogP contribution in [-0.4, -0.2) is 22.5 Å². The highest BCUT2D eigenvalue weighted by Gasteiger charge is 2.38. The molecule has 1 amide bonds. The van der Waals surface area contributed by atoms with Crippen molar-refractivity contribution in [1.29, 1.82) is 0 Å². The number of carboxylic acid groups (broad SMARTS) is 1. The van der Waals surface area contributed by atoms with Gasteiger partial charge >= 0.3 is 5.97 Å². The molecule has 1 aliphatic carbocycles. The molecule has 0 aliphatic heterocycles. The molecule has 0 heterocycles. The summed E-state index contributed by atoms with van der Waals surface area (Å²) in [7, 11) is 0. The molecular weight excluding hydrogens is 232 g/mol. The summed E-state index contributed by atoms with van der Waals surface area (Å²) in [5.74, 6) is -1.26. The van der Waals surface area contributed by atoms with Gasteiger partial charge in [-0.15, -0.1) is 0 Å². The first-order valence-corrected chi connectivity index (χ1v) is 5.91. The van der Waals surface area contributed by atoms with Gasteiger partial charge in [-0.25, -0.2) is 0 Å². The van der Waals surface area contributed by atoms with E-state index in [0.29, 0.717) is 5.56 Å². The first-order chi connectivity index (χ1) is 8.51. The van der Waals surface area contributed by atoms with E-state index in [1.165, 1.54) is 0 Å². The molecule has 1 fully saturated rings. The van der Waals surface area contributed by atoms with Gasteiger partial charge in [-0.1, -0.05) is 0 Å². The molecule has 0 aromatic heterocycles. The van der Waals surface area contributed by atoms with Crippen molar-refractivity contribution in [3.8, 4) is 0 Å². The molecule has 0 bridgehead atoms. The minimum absolute atomic E-state index is 0.116. The van der Waals surface area contributed by atoms with Crippen molar-refractivity contribution in [2.24, 2.45) is 5.73 Å². The molecule has 0 spiro atoms. The molecule has 2 rings (SSSR count). The number of carbonyl (C=O) groups excluding carboxylic acids is 1. The van der Waals surface area contributed by atoms with E-state index in [-0.39, 0.29) is 12.0 Å². The molecule has 1 aromatic rings. The SMILES string of the molecule is NC(=O)c1ccc(NC2(CC(=O)O)CCC2)cc1. The lowest BCUT2D eigenvalue weighted by Crippen LogP contribution is -2.46. The Labute approximate surface area is 105 Å². The lowest BCUT2D eigenvalue weighted by molar-refractivity contribution is -0.138. The van der Waals surface area contributed by atoms with Crippen LogP contribution in [0.2, 0.25) is 0 Å². The van der Waals surface area contributed by atoms with Gasteiger partial charge in [-0.05, 0) is 43.5 Å². The fourth-order valence-corrected chi connectivity index (χ4v) is 2.26. The van der Waals surface area contributed by atoms with Crippen LogP contribution in [0.3, 0.4) is 0 Å². The number of aliphatic carboxylic acids is 1. The van der Waals surface area contributed by atoms with Crippen LogP contribution in [0.25, 0.3) is 0 Å². The number of amides is 1. The van der Waals surface area contributed by atoms with Crippen LogP contribution in [0.15, 0.2) is 24.3 Å². The summed E-state index contributed by atoms with van der Waals surface area (Å²) < 4.78 is 0. The fraction of sp³-hybridized carbons (Fsp3) is 0.385. The maximum atomic E-state index is 10.9. The van der Waals surface area contributed by atoms with E-state index in [1.54, 1.807) is 24.3 Å². The van der Waals surface area contributed by atoms with E-state index in [2.05, 4.69) is 5.32 Å². The second-order valence-electron chi connectivity index (χ2n) is 4.77. The minimum Gasteiger partial charge on any atom is -0.481 e. The zero-order valence-electron chi connectivity index (χ0n) is 9.98. The van der Waals surface area contributed by atoms with Crippen molar-refractivity contribution < 1.29 is 14.7 Å². The van der Waals surface area contributed by atoms with Crippen molar-refractivity contribution in [3.63, 3.8) is 0 Å². The highest BCUT2D eigenvalue weighted by atomic mass is 16.4. The number of nitrogens with one attached hydrogen (secondary N) is 1. The molecule has 5 heteroatoms. The number of hydrogen-bond acceptors (Lipinski definition) is 3. The van der Waals surface area contributed by atoms with Gasteiger partial charge < -0.3 is 16.2 Å². The molecular formula is C13H16N2O3. The van der Waals surface area contributed by atoms with Gasteiger partial charge in [-0.3, -0.25) is 9.59 Å². The average Bonchev–Trinajstić information content (AvgIpc) is 2.26. The second-order valence-corrected chi connectivity index (χ2v) is 4.77. The number of nitrogens with two attached hydrogens (primary N) is 1. The summed E-state index contributed by atoms with van der Waals surface area (Å²) in [6.45, 7) is 0. The number of primary amides is 1. The van der Waals surface area contributed by atoms with Gasteiger partial charge in [-0.2, -0.15) is 0 Å². The highest BCUT2D eigenvalue weighted by Crippen LogP contribution is 2.38. The summed E-state index contributed by atoms with van der Waals surface area (Å²) in [5, 5.41) is 12.2. The van der Waals surface area contributed by atoms with Gasteiger partial charge in [0.2, 0.25) is 5.91 Å². The van der Waals surface area contributed by atoms with Crippen molar-refractivity contribution >= 4 is 17.6 Å². The van der Waals surface area contributed by atoms with Crippen LogP contribution in [0, 0.1) is 0 Å². The van der Waals surface area contributed by atoms with Gasteiger partial charge in [0.05, 0.1) is 6.42 Å². The molecule has 4 N–H and O–H groups in total. The quantitative estimate of drug-likeness (QED) is 0.737. The highest BCUT2D eigenvalue weighted by molar-refractivity contribution is 5.93. The Balaban J connectivity index is 2.08. The minimum atomic E-state index is -0.795. The largest absolute Gasteiger partial charge is 0.481 e. The van der Waals surface area contributed by atoms with Gasteiger partial charge in [0.15, 0.2) is 0 Å². The molecule has 0 unspecified atom stereocenters. The summed E-state index contributed by atoms with van der Waals surface area (Å²) in [6.07, 6.45) is 2.87.